The van der Waals surface area contributed by atoms with Gasteiger partial charge in [0.05, 0.1) is 0 Å². The van der Waals surface area contributed by atoms with Gasteiger partial charge >= 0.3 is 0 Å². The Balaban J connectivity index is 2.35. The van der Waals surface area contributed by atoms with Crippen molar-refractivity contribution in [3.8, 4) is 6.07 Å². The summed E-state index contributed by atoms with van der Waals surface area (Å²) >= 11 is 1.01. The van der Waals surface area contributed by atoms with Crippen molar-refractivity contribution < 1.29 is 8.42 Å². The van der Waals surface area contributed by atoms with Crippen molar-refractivity contribution >= 4 is 21.4 Å². The second-order valence-electron chi connectivity index (χ2n) is 4.86. The Morgan fingerprint density at radius 3 is 2.38 bits per heavy atom. The molecule has 0 aliphatic heterocycles. The molecule has 0 bridgehead atoms. The summed E-state index contributed by atoms with van der Waals surface area (Å²) in [6.07, 6.45) is 0. The number of rotatable bonds is 5. The summed E-state index contributed by atoms with van der Waals surface area (Å²) in [7, 11) is -3.59. The molecule has 0 amide bonds. The molecule has 4 nitrogen and oxygen atoms in total. The molecule has 0 fully saturated rings. The van der Waals surface area contributed by atoms with E-state index in [9.17, 15) is 8.42 Å². The van der Waals surface area contributed by atoms with Crippen molar-refractivity contribution in [2.75, 3.05) is 0 Å². The van der Waals surface area contributed by atoms with Gasteiger partial charge in [-0.2, -0.15) is 9.57 Å². The minimum Gasteiger partial charge on any atom is -0.206 e. The molecule has 6 heteroatoms. The van der Waals surface area contributed by atoms with Gasteiger partial charge in [-0.15, -0.1) is 11.3 Å². The molecule has 110 valence electrons. The topological polar surface area (TPSA) is 61.2 Å². The van der Waals surface area contributed by atoms with Crippen LogP contribution in [0.1, 0.15) is 24.3 Å². The quantitative estimate of drug-likeness (QED) is 0.850. The highest BCUT2D eigenvalue weighted by atomic mass is 32.2. The SMILES string of the molecule is CC(C)N(Cc1ccccc1)S(=O)(=O)c1ccc(C#N)s1. The van der Waals surface area contributed by atoms with Gasteiger partial charge in [-0.05, 0) is 31.5 Å². The Labute approximate surface area is 129 Å². The molecule has 2 rings (SSSR count). The Morgan fingerprint density at radius 1 is 1.19 bits per heavy atom. The molecule has 0 aliphatic rings. The van der Waals surface area contributed by atoms with Crippen molar-refractivity contribution in [3.63, 3.8) is 0 Å². The second-order valence-corrected chi connectivity index (χ2v) is 8.06. The zero-order valence-electron chi connectivity index (χ0n) is 11.9. The first-order valence-electron chi connectivity index (χ1n) is 6.51. The largest absolute Gasteiger partial charge is 0.253 e. The van der Waals surface area contributed by atoms with Gasteiger partial charge in [0.2, 0.25) is 0 Å². The van der Waals surface area contributed by atoms with Gasteiger partial charge in [-0.3, -0.25) is 0 Å². The van der Waals surface area contributed by atoms with Gasteiger partial charge < -0.3 is 0 Å². The van der Waals surface area contributed by atoms with Gasteiger partial charge in [0.15, 0.2) is 0 Å². The number of hydrogen-bond donors (Lipinski definition) is 0. The minimum absolute atomic E-state index is 0.164. The van der Waals surface area contributed by atoms with E-state index in [1.165, 1.54) is 10.4 Å². The minimum atomic E-state index is -3.59. The van der Waals surface area contributed by atoms with Crippen LogP contribution in [0.15, 0.2) is 46.7 Å². The van der Waals surface area contributed by atoms with E-state index in [1.54, 1.807) is 6.07 Å². The highest BCUT2D eigenvalue weighted by Crippen LogP contribution is 2.27. The summed E-state index contributed by atoms with van der Waals surface area (Å²) in [6.45, 7) is 4.01. The number of hydrogen-bond acceptors (Lipinski definition) is 4. The van der Waals surface area contributed by atoms with Crippen LogP contribution < -0.4 is 0 Å². The molecule has 0 aliphatic carbocycles. The zero-order valence-corrected chi connectivity index (χ0v) is 13.5. The third kappa shape index (κ3) is 3.50. The lowest BCUT2D eigenvalue weighted by Gasteiger charge is -2.25. The van der Waals surface area contributed by atoms with E-state index < -0.39 is 10.0 Å². The van der Waals surface area contributed by atoms with Crippen LogP contribution >= 0.6 is 11.3 Å². The predicted molar refractivity (Wildman–Crippen MR) is 83.3 cm³/mol. The van der Waals surface area contributed by atoms with Crippen LogP contribution in [0.25, 0.3) is 0 Å². The predicted octanol–water partition coefficient (Wildman–Crippen LogP) is 3.22. The summed E-state index contributed by atoms with van der Waals surface area (Å²) in [5, 5.41) is 8.85. The maximum absolute atomic E-state index is 12.7. The van der Waals surface area contributed by atoms with Crippen LogP contribution in [0, 0.1) is 11.3 Å². The normalized spacial score (nSPS) is 11.8. The van der Waals surface area contributed by atoms with Gasteiger partial charge in [0, 0.05) is 12.6 Å². The summed E-state index contributed by atoms with van der Waals surface area (Å²) in [5.74, 6) is 0. The number of nitrogens with zero attached hydrogens (tertiary/aromatic N) is 2. The second kappa shape index (κ2) is 6.39. The van der Waals surface area contributed by atoms with Gasteiger partial charge in [0.25, 0.3) is 10.0 Å². The van der Waals surface area contributed by atoms with E-state index >= 15 is 0 Å². The molecule has 0 spiro atoms. The van der Waals surface area contributed by atoms with E-state index in [0.29, 0.717) is 11.4 Å². The smallest absolute Gasteiger partial charge is 0.206 e. The lowest BCUT2D eigenvalue weighted by atomic mass is 10.2. The molecule has 1 aromatic carbocycles. The van der Waals surface area contributed by atoms with Crippen molar-refractivity contribution in [3.05, 3.63) is 52.9 Å². The number of thiophene rings is 1. The third-order valence-corrected chi connectivity index (χ3v) is 6.49. The number of sulfonamides is 1. The van der Waals surface area contributed by atoms with Gasteiger partial charge in [-0.25, -0.2) is 8.42 Å². The van der Waals surface area contributed by atoms with Crippen molar-refractivity contribution in [1.29, 1.82) is 5.26 Å². The fourth-order valence-electron chi connectivity index (χ4n) is 1.94. The molecule has 21 heavy (non-hydrogen) atoms. The lowest BCUT2D eigenvalue weighted by molar-refractivity contribution is 0.349. The first-order valence-corrected chi connectivity index (χ1v) is 8.76. The summed E-state index contributed by atoms with van der Waals surface area (Å²) in [5.41, 5.74) is 0.937. The molecular weight excluding hydrogens is 304 g/mol. The Bertz CT molecular complexity index is 743. The summed E-state index contributed by atoms with van der Waals surface area (Å²) in [6, 6.07) is 14.3. The number of benzene rings is 1. The standard InChI is InChI=1S/C15H16N2O2S2/c1-12(2)17(11-13-6-4-3-5-7-13)21(18,19)15-9-8-14(10-16)20-15/h3-9,12H,11H2,1-2H3. The Hall–Kier alpha value is -1.68. The first-order chi connectivity index (χ1) is 9.95. The van der Waals surface area contributed by atoms with Crippen molar-refractivity contribution in [1.82, 2.24) is 4.31 Å². The number of nitriles is 1. The molecule has 0 atom stereocenters. The van der Waals surface area contributed by atoms with E-state index in [0.717, 1.165) is 16.9 Å². The molecule has 2 aromatic rings. The van der Waals surface area contributed by atoms with Crippen molar-refractivity contribution in [2.45, 2.75) is 30.6 Å². The molecule has 0 saturated carbocycles. The van der Waals surface area contributed by atoms with E-state index in [1.807, 2.05) is 50.2 Å². The average molecular weight is 320 g/mol. The molecule has 0 N–H and O–H groups in total. The van der Waals surface area contributed by atoms with Crippen molar-refractivity contribution in [2.24, 2.45) is 0 Å². The highest BCUT2D eigenvalue weighted by Gasteiger charge is 2.28. The molecule has 1 heterocycles. The monoisotopic (exact) mass is 320 g/mol. The van der Waals surface area contributed by atoms with Crippen LogP contribution in [-0.4, -0.2) is 18.8 Å². The van der Waals surface area contributed by atoms with Crippen LogP contribution in [0.4, 0.5) is 0 Å². The van der Waals surface area contributed by atoms with E-state index in [-0.39, 0.29) is 10.3 Å². The van der Waals surface area contributed by atoms with Crippen LogP contribution in [0.3, 0.4) is 0 Å². The maximum Gasteiger partial charge on any atom is 0.253 e. The molecule has 0 unspecified atom stereocenters. The molecular formula is C15H16N2O2S2. The fraction of sp³-hybridized carbons (Fsp3) is 0.267. The molecule has 0 radical (unpaired) electrons. The van der Waals surface area contributed by atoms with Crippen LogP contribution in [0.5, 0.6) is 0 Å². The fourth-order valence-corrected chi connectivity index (χ4v) is 4.80. The molecule has 1 aromatic heterocycles. The highest BCUT2D eigenvalue weighted by molar-refractivity contribution is 7.91. The molecule has 0 saturated heterocycles. The third-order valence-electron chi connectivity index (χ3n) is 3.01. The average Bonchev–Trinajstić information content (AvgIpc) is 2.95. The van der Waals surface area contributed by atoms with E-state index in [2.05, 4.69) is 0 Å². The zero-order chi connectivity index (χ0) is 15.5. The van der Waals surface area contributed by atoms with Gasteiger partial charge in [-0.1, -0.05) is 30.3 Å². The summed E-state index contributed by atoms with van der Waals surface area (Å²) in [4.78, 5) is 0.400. The maximum atomic E-state index is 12.7. The first kappa shape index (κ1) is 15.7. The van der Waals surface area contributed by atoms with Crippen LogP contribution in [0.2, 0.25) is 0 Å². The lowest BCUT2D eigenvalue weighted by Crippen LogP contribution is -2.35. The van der Waals surface area contributed by atoms with E-state index in [4.69, 9.17) is 5.26 Å². The van der Waals surface area contributed by atoms with Gasteiger partial charge in [0.1, 0.15) is 15.2 Å². The van der Waals surface area contributed by atoms with Crippen LogP contribution in [-0.2, 0) is 16.6 Å². The Kier molecular flexibility index (Phi) is 4.78. The Morgan fingerprint density at radius 2 is 1.86 bits per heavy atom. The summed E-state index contributed by atoms with van der Waals surface area (Å²) < 4.78 is 27.1.